The fourth-order valence-electron chi connectivity index (χ4n) is 3.59. The largest absolute Gasteiger partial charge is 0.423 e. The molecular formula is C36H32O8. The number of allylic oxidation sites excluding steroid dienone is 2. The van der Waals surface area contributed by atoms with E-state index in [1.807, 2.05) is 0 Å². The topological polar surface area (TPSA) is 105 Å². The second kappa shape index (κ2) is 15.5. The first-order chi connectivity index (χ1) is 21.0. The molecule has 8 nitrogen and oxygen atoms in total. The van der Waals surface area contributed by atoms with E-state index < -0.39 is 23.9 Å². The van der Waals surface area contributed by atoms with Crippen LogP contribution in [0, 0.1) is 0 Å². The van der Waals surface area contributed by atoms with Crippen LogP contribution < -0.4 is 18.9 Å². The number of carbonyl (C=O) groups excluding carboxylic acids is 4. The van der Waals surface area contributed by atoms with Crippen LogP contribution in [0.15, 0.2) is 109 Å². The van der Waals surface area contributed by atoms with Crippen LogP contribution >= 0.6 is 0 Å². The third-order valence-corrected chi connectivity index (χ3v) is 5.76. The maximum Gasteiger partial charge on any atom is 0.338 e. The summed E-state index contributed by atoms with van der Waals surface area (Å²) in [7, 11) is 0. The summed E-state index contributed by atoms with van der Waals surface area (Å²) in [6.45, 7) is 13.6. The van der Waals surface area contributed by atoms with Crippen molar-refractivity contribution in [3.8, 4) is 34.1 Å². The summed E-state index contributed by atoms with van der Waals surface area (Å²) in [4.78, 5) is 48.7. The minimum Gasteiger partial charge on any atom is -0.423 e. The number of hydrogen-bond acceptors (Lipinski definition) is 8. The van der Waals surface area contributed by atoms with Crippen molar-refractivity contribution in [1.82, 2.24) is 0 Å². The van der Waals surface area contributed by atoms with E-state index in [0.29, 0.717) is 28.2 Å². The molecule has 0 bridgehead atoms. The molecule has 44 heavy (non-hydrogen) atoms. The molecule has 0 fully saturated rings. The van der Waals surface area contributed by atoms with Crippen LogP contribution in [0.2, 0.25) is 0 Å². The Bertz CT molecular complexity index is 1670. The zero-order valence-electron chi connectivity index (χ0n) is 24.9. The first kappa shape index (κ1) is 32.8. The SMILES string of the molecule is C=C(C)C(=O)Oc1ccc(/C=C/c2cc(OC(=O)/C=C/C)c(-c3ccc(OC(=O)C(=C)C)cc3)cc2OC(=O)/C=C/C)cc1. The van der Waals surface area contributed by atoms with E-state index in [4.69, 9.17) is 18.9 Å². The number of carbonyl (C=O) groups is 4. The van der Waals surface area contributed by atoms with Crippen LogP contribution in [-0.4, -0.2) is 23.9 Å². The van der Waals surface area contributed by atoms with Crippen molar-refractivity contribution in [3.63, 3.8) is 0 Å². The molecule has 0 aliphatic carbocycles. The van der Waals surface area contributed by atoms with Crippen LogP contribution in [-0.2, 0) is 19.2 Å². The summed E-state index contributed by atoms with van der Waals surface area (Å²) in [6, 6.07) is 16.5. The summed E-state index contributed by atoms with van der Waals surface area (Å²) < 4.78 is 21.8. The summed E-state index contributed by atoms with van der Waals surface area (Å²) in [5, 5.41) is 0. The lowest BCUT2D eigenvalue weighted by Crippen LogP contribution is -2.08. The molecule has 0 atom stereocenters. The Balaban J connectivity index is 2.07. The van der Waals surface area contributed by atoms with Crippen molar-refractivity contribution in [2.45, 2.75) is 27.7 Å². The van der Waals surface area contributed by atoms with Gasteiger partial charge in [-0.2, -0.15) is 0 Å². The van der Waals surface area contributed by atoms with Gasteiger partial charge >= 0.3 is 23.9 Å². The molecule has 0 unspecified atom stereocenters. The van der Waals surface area contributed by atoms with Gasteiger partial charge in [-0.1, -0.05) is 61.7 Å². The van der Waals surface area contributed by atoms with E-state index in [0.717, 1.165) is 5.56 Å². The molecule has 3 rings (SSSR count). The van der Waals surface area contributed by atoms with Gasteiger partial charge in [-0.05, 0) is 75.2 Å². The Hall–Kier alpha value is -5.76. The van der Waals surface area contributed by atoms with Gasteiger partial charge in [0.15, 0.2) is 0 Å². The second-order valence-corrected chi connectivity index (χ2v) is 9.49. The van der Waals surface area contributed by atoms with Crippen LogP contribution in [0.5, 0.6) is 23.0 Å². The molecule has 3 aromatic rings. The number of benzene rings is 3. The highest BCUT2D eigenvalue weighted by atomic mass is 16.5. The van der Waals surface area contributed by atoms with E-state index >= 15 is 0 Å². The Labute approximate surface area is 256 Å². The van der Waals surface area contributed by atoms with E-state index in [2.05, 4.69) is 13.2 Å². The molecular weight excluding hydrogens is 560 g/mol. The molecule has 0 spiro atoms. The summed E-state index contributed by atoms with van der Waals surface area (Å²) in [5.74, 6) is -1.22. The third-order valence-electron chi connectivity index (χ3n) is 5.76. The van der Waals surface area contributed by atoms with Crippen LogP contribution in [0.4, 0.5) is 0 Å². The Morgan fingerprint density at radius 2 is 1.09 bits per heavy atom. The van der Waals surface area contributed by atoms with Gasteiger partial charge in [-0.25, -0.2) is 19.2 Å². The average Bonchev–Trinajstić information content (AvgIpc) is 2.98. The highest BCUT2D eigenvalue weighted by molar-refractivity contribution is 5.91. The Morgan fingerprint density at radius 1 is 0.614 bits per heavy atom. The van der Waals surface area contributed by atoms with Crippen LogP contribution in [0.3, 0.4) is 0 Å². The minimum atomic E-state index is -0.603. The third kappa shape index (κ3) is 9.39. The Kier molecular flexibility index (Phi) is 11.5. The zero-order chi connectivity index (χ0) is 32.2. The minimum absolute atomic E-state index is 0.201. The van der Waals surface area contributed by atoms with Crippen molar-refractivity contribution in [2.75, 3.05) is 0 Å². The Morgan fingerprint density at radius 3 is 1.57 bits per heavy atom. The van der Waals surface area contributed by atoms with Crippen LogP contribution in [0.25, 0.3) is 23.3 Å². The number of hydrogen-bond donors (Lipinski definition) is 0. The lowest BCUT2D eigenvalue weighted by Gasteiger charge is -2.15. The standard InChI is InChI=1S/C36H32O8/c1-7-9-33(37)43-31-22-30(26-15-19-29(20-16-26)42-36(40)24(5)6)32(44-34(38)10-8-2)21-27(31)14-11-25-12-17-28(18-13-25)41-35(39)23(3)4/h7-22H,3,5H2,1-2,4,6H3/b9-7+,10-8+,14-11+. The monoisotopic (exact) mass is 592 g/mol. The van der Waals surface area contributed by atoms with E-state index in [1.165, 1.54) is 12.2 Å². The lowest BCUT2D eigenvalue weighted by atomic mass is 10.0. The molecule has 8 heteroatoms. The highest BCUT2D eigenvalue weighted by Gasteiger charge is 2.17. The smallest absolute Gasteiger partial charge is 0.338 e. The average molecular weight is 593 g/mol. The number of esters is 4. The van der Waals surface area contributed by atoms with E-state index in [-0.39, 0.29) is 22.6 Å². The van der Waals surface area contributed by atoms with Gasteiger partial charge in [-0.3, -0.25) is 0 Å². The number of ether oxygens (including phenoxy) is 4. The molecule has 3 aromatic carbocycles. The normalized spacial score (nSPS) is 11.0. The van der Waals surface area contributed by atoms with Crippen molar-refractivity contribution < 1.29 is 38.1 Å². The van der Waals surface area contributed by atoms with Gasteiger partial charge in [0.2, 0.25) is 0 Å². The molecule has 224 valence electrons. The second-order valence-electron chi connectivity index (χ2n) is 9.49. The molecule has 0 aliphatic rings. The van der Waals surface area contributed by atoms with E-state index in [1.54, 1.807) is 113 Å². The molecule has 0 N–H and O–H groups in total. The maximum atomic E-state index is 12.5. The predicted molar refractivity (Wildman–Crippen MR) is 169 cm³/mol. The fraction of sp³-hybridized carbons (Fsp3) is 0.111. The molecule has 0 heterocycles. The van der Waals surface area contributed by atoms with Gasteiger partial charge in [0, 0.05) is 34.4 Å². The summed E-state index contributed by atoms with van der Waals surface area (Å²) >= 11 is 0. The maximum absolute atomic E-state index is 12.5. The lowest BCUT2D eigenvalue weighted by molar-refractivity contribution is -0.130. The predicted octanol–water partition coefficient (Wildman–Crippen LogP) is 7.45. The highest BCUT2D eigenvalue weighted by Crippen LogP contribution is 2.38. The zero-order valence-corrected chi connectivity index (χ0v) is 24.9. The molecule has 0 radical (unpaired) electrons. The summed E-state index contributed by atoms with van der Waals surface area (Å²) in [5.41, 5.74) is 2.78. The van der Waals surface area contributed by atoms with Gasteiger partial charge < -0.3 is 18.9 Å². The van der Waals surface area contributed by atoms with Crippen molar-refractivity contribution >= 4 is 36.0 Å². The van der Waals surface area contributed by atoms with Gasteiger partial charge in [0.25, 0.3) is 0 Å². The molecule has 0 saturated carbocycles. The van der Waals surface area contributed by atoms with Crippen molar-refractivity contribution in [3.05, 3.63) is 120 Å². The fourth-order valence-corrected chi connectivity index (χ4v) is 3.59. The van der Waals surface area contributed by atoms with Crippen molar-refractivity contribution in [2.24, 2.45) is 0 Å². The quantitative estimate of drug-likeness (QED) is 0.0979. The molecule has 0 aromatic heterocycles. The molecule has 0 saturated heterocycles. The van der Waals surface area contributed by atoms with Gasteiger partial charge in [-0.15, -0.1) is 0 Å². The first-order valence-corrected chi connectivity index (χ1v) is 13.5. The van der Waals surface area contributed by atoms with Crippen LogP contribution in [0.1, 0.15) is 38.8 Å². The number of rotatable bonds is 11. The van der Waals surface area contributed by atoms with Gasteiger partial charge in [0.05, 0.1) is 0 Å². The molecule has 0 aliphatic heterocycles. The van der Waals surface area contributed by atoms with E-state index in [9.17, 15) is 19.2 Å². The van der Waals surface area contributed by atoms with Gasteiger partial charge in [0.1, 0.15) is 23.0 Å². The first-order valence-electron chi connectivity index (χ1n) is 13.5. The van der Waals surface area contributed by atoms with Crippen molar-refractivity contribution in [1.29, 1.82) is 0 Å². The molecule has 0 amide bonds. The summed E-state index contributed by atoms with van der Waals surface area (Å²) in [6.07, 6.45) is 9.13.